The number of nitrogens with zero attached hydrogens (tertiary/aromatic N) is 1. The fourth-order valence-corrected chi connectivity index (χ4v) is 2.92. The first-order valence-electron chi connectivity index (χ1n) is 7.36. The van der Waals surface area contributed by atoms with Crippen LogP contribution in [0.1, 0.15) is 37.3 Å². The van der Waals surface area contributed by atoms with Crippen molar-refractivity contribution in [3.63, 3.8) is 0 Å². The SMILES string of the molecule is Cc1cccc(CNC(C)CN2CCCCC2)c1Cl. The highest BCUT2D eigenvalue weighted by Crippen LogP contribution is 2.20. The summed E-state index contributed by atoms with van der Waals surface area (Å²) in [6, 6.07) is 6.75. The molecule has 1 atom stereocenters. The van der Waals surface area contributed by atoms with Crippen LogP contribution in [0.15, 0.2) is 18.2 Å². The topological polar surface area (TPSA) is 15.3 Å². The van der Waals surface area contributed by atoms with Crippen molar-refractivity contribution in [2.75, 3.05) is 19.6 Å². The number of benzene rings is 1. The van der Waals surface area contributed by atoms with Crippen LogP contribution in [0.5, 0.6) is 0 Å². The van der Waals surface area contributed by atoms with Crippen LogP contribution in [0.4, 0.5) is 0 Å². The number of halogens is 1. The Labute approximate surface area is 122 Å². The molecule has 0 aliphatic carbocycles. The van der Waals surface area contributed by atoms with Crippen molar-refractivity contribution in [2.24, 2.45) is 0 Å². The minimum Gasteiger partial charge on any atom is -0.309 e. The van der Waals surface area contributed by atoms with E-state index in [2.05, 4.69) is 42.3 Å². The van der Waals surface area contributed by atoms with Gasteiger partial charge < -0.3 is 10.2 Å². The van der Waals surface area contributed by atoms with Gasteiger partial charge in [-0.25, -0.2) is 0 Å². The van der Waals surface area contributed by atoms with Crippen molar-refractivity contribution >= 4 is 11.6 Å². The van der Waals surface area contributed by atoms with Crippen LogP contribution in [0, 0.1) is 6.92 Å². The molecule has 0 aromatic heterocycles. The summed E-state index contributed by atoms with van der Waals surface area (Å²) in [5, 5.41) is 4.49. The molecule has 1 fully saturated rings. The summed E-state index contributed by atoms with van der Waals surface area (Å²) in [7, 11) is 0. The van der Waals surface area contributed by atoms with Crippen molar-refractivity contribution < 1.29 is 0 Å². The van der Waals surface area contributed by atoms with Crippen LogP contribution < -0.4 is 5.32 Å². The summed E-state index contributed by atoms with van der Waals surface area (Å²) in [6.07, 6.45) is 4.12. The first-order chi connectivity index (χ1) is 9.16. The molecule has 0 bridgehead atoms. The van der Waals surface area contributed by atoms with Gasteiger partial charge in [0, 0.05) is 24.2 Å². The van der Waals surface area contributed by atoms with Crippen LogP contribution in [0.2, 0.25) is 5.02 Å². The molecule has 19 heavy (non-hydrogen) atoms. The molecule has 1 aliphatic rings. The van der Waals surface area contributed by atoms with Gasteiger partial charge in [0.2, 0.25) is 0 Å². The number of rotatable bonds is 5. The molecule has 1 aromatic rings. The Morgan fingerprint density at radius 1 is 1.26 bits per heavy atom. The van der Waals surface area contributed by atoms with Crippen LogP contribution >= 0.6 is 11.6 Å². The molecule has 2 rings (SSSR count). The summed E-state index contributed by atoms with van der Waals surface area (Å²) in [4.78, 5) is 2.57. The van der Waals surface area contributed by atoms with E-state index in [9.17, 15) is 0 Å². The highest BCUT2D eigenvalue weighted by molar-refractivity contribution is 6.32. The molecule has 1 aromatic carbocycles. The second-order valence-corrected chi connectivity index (χ2v) is 6.07. The highest BCUT2D eigenvalue weighted by atomic mass is 35.5. The van der Waals surface area contributed by atoms with Crippen molar-refractivity contribution in [1.82, 2.24) is 10.2 Å². The Hall–Kier alpha value is -0.570. The smallest absolute Gasteiger partial charge is 0.0480 e. The average molecular weight is 281 g/mol. The lowest BCUT2D eigenvalue weighted by Gasteiger charge is -2.29. The second kappa shape index (κ2) is 7.28. The third-order valence-electron chi connectivity index (χ3n) is 3.89. The molecule has 0 amide bonds. The lowest BCUT2D eigenvalue weighted by Crippen LogP contribution is -2.41. The predicted molar refractivity (Wildman–Crippen MR) is 82.8 cm³/mol. The number of piperidine rings is 1. The fourth-order valence-electron chi connectivity index (χ4n) is 2.72. The molecule has 2 nitrogen and oxygen atoms in total. The summed E-state index contributed by atoms with van der Waals surface area (Å²) in [5.41, 5.74) is 2.36. The number of likely N-dealkylation sites (tertiary alicyclic amines) is 1. The lowest BCUT2D eigenvalue weighted by atomic mass is 10.1. The van der Waals surface area contributed by atoms with Gasteiger partial charge in [0.15, 0.2) is 0 Å². The molecule has 0 saturated carbocycles. The molecule has 1 N–H and O–H groups in total. The Morgan fingerprint density at radius 3 is 2.74 bits per heavy atom. The molecule has 1 aliphatic heterocycles. The predicted octanol–water partition coefficient (Wildman–Crippen LogP) is 3.61. The first-order valence-corrected chi connectivity index (χ1v) is 7.74. The normalized spacial score (nSPS) is 18.5. The Balaban J connectivity index is 1.79. The minimum absolute atomic E-state index is 0.509. The maximum absolute atomic E-state index is 6.32. The third-order valence-corrected chi connectivity index (χ3v) is 4.43. The maximum Gasteiger partial charge on any atom is 0.0480 e. The van der Waals surface area contributed by atoms with Crippen molar-refractivity contribution in [2.45, 2.75) is 45.7 Å². The van der Waals surface area contributed by atoms with Gasteiger partial charge in [0.1, 0.15) is 0 Å². The lowest BCUT2D eigenvalue weighted by molar-refractivity contribution is 0.209. The largest absolute Gasteiger partial charge is 0.309 e. The molecule has 0 radical (unpaired) electrons. The highest BCUT2D eigenvalue weighted by Gasteiger charge is 2.13. The quantitative estimate of drug-likeness (QED) is 0.886. The molecule has 3 heteroatoms. The zero-order valence-corrected chi connectivity index (χ0v) is 12.8. The minimum atomic E-state index is 0.509. The van der Waals surface area contributed by atoms with Gasteiger partial charge in [-0.15, -0.1) is 0 Å². The van der Waals surface area contributed by atoms with Gasteiger partial charge in [-0.1, -0.05) is 36.2 Å². The number of nitrogens with one attached hydrogen (secondary N) is 1. The summed E-state index contributed by atoms with van der Waals surface area (Å²) >= 11 is 6.32. The summed E-state index contributed by atoms with van der Waals surface area (Å²) < 4.78 is 0. The monoisotopic (exact) mass is 280 g/mol. The zero-order valence-electron chi connectivity index (χ0n) is 12.1. The third kappa shape index (κ3) is 4.48. The molecule has 106 valence electrons. The number of aryl methyl sites for hydroxylation is 1. The van der Waals surface area contributed by atoms with E-state index in [-0.39, 0.29) is 0 Å². The fraction of sp³-hybridized carbons (Fsp3) is 0.625. The standard InChI is InChI=1S/C16H25ClN2/c1-13-7-6-8-15(16(13)17)11-18-14(2)12-19-9-4-3-5-10-19/h6-8,14,18H,3-5,9-12H2,1-2H3. The van der Waals surface area contributed by atoms with Gasteiger partial charge in [-0.3, -0.25) is 0 Å². The number of hydrogen-bond donors (Lipinski definition) is 1. The Bertz CT molecular complexity index is 400. The van der Waals surface area contributed by atoms with E-state index in [1.807, 2.05) is 0 Å². The zero-order chi connectivity index (χ0) is 13.7. The summed E-state index contributed by atoms with van der Waals surface area (Å²) in [6.45, 7) is 8.84. The van der Waals surface area contributed by atoms with Gasteiger partial charge in [0.25, 0.3) is 0 Å². The van der Waals surface area contributed by atoms with Crippen LogP contribution in [-0.2, 0) is 6.54 Å². The van der Waals surface area contributed by atoms with E-state index >= 15 is 0 Å². The van der Waals surface area contributed by atoms with Crippen molar-refractivity contribution in [3.8, 4) is 0 Å². The van der Waals surface area contributed by atoms with Gasteiger partial charge in [-0.2, -0.15) is 0 Å². The number of hydrogen-bond acceptors (Lipinski definition) is 2. The summed E-state index contributed by atoms with van der Waals surface area (Å²) in [5.74, 6) is 0. The van der Waals surface area contributed by atoms with Crippen molar-refractivity contribution in [1.29, 1.82) is 0 Å². The molecule has 1 heterocycles. The van der Waals surface area contributed by atoms with E-state index in [0.717, 1.165) is 23.7 Å². The van der Waals surface area contributed by atoms with Crippen LogP contribution in [0.3, 0.4) is 0 Å². The molecule has 1 saturated heterocycles. The van der Waals surface area contributed by atoms with Gasteiger partial charge in [0.05, 0.1) is 0 Å². The van der Waals surface area contributed by atoms with Gasteiger partial charge in [-0.05, 0) is 50.9 Å². The second-order valence-electron chi connectivity index (χ2n) is 5.69. The average Bonchev–Trinajstić information content (AvgIpc) is 2.42. The Kier molecular flexibility index (Phi) is 5.68. The first kappa shape index (κ1) is 14.8. The van der Waals surface area contributed by atoms with E-state index in [1.54, 1.807) is 0 Å². The maximum atomic E-state index is 6.32. The van der Waals surface area contributed by atoms with E-state index in [0.29, 0.717) is 6.04 Å². The van der Waals surface area contributed by atoms with Crippen molar-refractivity contribution in [3.05, 3.63) is 34.3 Å². The Morgan fingerprint density at radius 2 is 2.00 bits per heavy atom. The molecular weight excluding hydrogens is 256 g/mol. The van der Waals surface area contributed by atoms with Crippen LogP contribution in [-0.4, -0.2) is 30.6 Å². The van der Waals surface area contributed by atoms with Gasteiger partial charge >= 0.3 is 0 Å². The molecule has 1 unspecified atom stereocenters. The van der Waals surface area contributed by atoms with E-state index in [1.165, 1.54) is 37.9 Å². The van der Waals surface area contributed by atoms with E-state index in [4.69, 9.17) is 11.6 Å². The van der Waals surface area contributed by atoms with E-state index < -0.39 is 0 Å². The molecule has 0 spiro atoms. The van der Waals surface area contributed by atoms with Crippen LogP contribution in [0.25, 0.3) is 0 Å². The molecular formula is C16H25ClN2.